The zero-order valence-corrected chi connectivity index (χ0v) is 14.5. The van der Waals surface area contributed by atoms with E-state index in [4.69, 9.17) is 9.15 Å². The molecule has 2 rings (SSSR count). The van der Waals surface area contributed by atoms with Gasteiger partial charge in [0, 0.05) is 24.2 Å². The lowest BCUT2D eigenvalue weighted by Gasteiger charge is -2.17. The van der Waals surface area contributed by atoms with Gasteiger partial charge in [0.15, 0.2) is 0 Å². The summed E-state index contributed by atoms with van der Waals surface area (Å²) in [5.74, 6) is 1.14. The number of urea groups is 1. The number of anilines is 1. The van der Waals surface area contributed by atoms with Crippen molar-refractivity contribution in [3.05, 3.63) is 60.6 Å². The normalized spacial score (nSPS) is 12.9. The lowest BCUT2D eigenvalue weighted by Crippen LogP contribution is -2.37. The Labute approximate surface area is 147 Å². The Morgan fingerprint density at radius 2 is 2.16 bits per heavy atom. The van der Waals surface area contributed by atoms with Crippen LogP contribution < -0.4 is 15.4 Å². The zero-order valence-electron chi connectivity index (χ0n) is 14.5. The highest BCUT2D eigenvalue weighted by Crippen LogP contribution is 2.19. The first kappa shape index (κ1) is 18.6. The molecule has 2 amide bonds. The minimum atomic E-state index is -0.760. The van der Waals surface area contributed by atoms with Crippen LogP contribution in [-0.4, -0.2) is 23.8 Å². The molecule has 25 heavy (non-hydrogen) atoms. The van der Waals surface area contributed by atoms with Crippen LogP contribution in [0.5, 0.6) is 5.75 Å². The number of amides is 2. The van der Waals surface area contributed by atoms with E-state index in [2.05, 4.69) is 17.2 Å². The van der Waals surface area contributed by atoms with E-state index in [0.29, 0.717) is 30.2 Å². The highest BCUT2D eigenvalue weighted by atomic mass is 16.5. The van der Waals surface area contributed by atoms with E-state index < -0.39 is 6.10 Å². The summed E-state index contributed by atoms with van der Waals surface area (Å²) in [5.41, 5.74) is 1.54. The summed E-state index contributed by atoms with van der Waals surface area (Å²) in [6, 6.07) is 9.96. The summed E-state index contributed by atoms with van der Waals surface area (Å²) in [5, 5.41) is 15.6. The van der Waals surface area contributed by atoms with Crippen molar-refractivity contribution in [2.24, 2.45) is 0 Å². The van der Waals surface area contributed by atoms with E-state index in [-0.39, 0.29) is 12.1 Å². The molecule has 2 unspecified atom stereocenters. The Kier molecular flexibility index (Phi) is 6.65. The van der Waals surface area contributed by atoms with Gasteiger partial charge in [0.1, 0.15) is 24.2 Å². The Hall–Kier alpha value is -2.73. The molecule has 1 aromatic carbocycles. The third-order valence-electron chi connectivity index (χ3n) is 3.40. The molecule has 0 bridgehead atoms. The minimum Gasteiger partial charge on any atom is -0.489 e. The summed E-state index contributed by atoms with van der Waals surface area (Å²) >= 11 is 0. The van der Waals surface area contributed by atoms with Crippen LogP contribution >= 0.6 is 0 Å². The van der Waals surface area contributed by atoms with Gasteiger partial charge in [0.2, 0.25) is 0 Å². The Morgan fingerprint density at radius 3 is 2.84 bits per heavy atom. The van der Waals surface area contributed by atoms with E-state index >= 15 is 0 Å². The molecule has 0 aliphatic rings. The lowest BCUT2D eigenvalue weighted by molar-refractivity contribution is 0.130. The van der Waals surface area contributed by atoms with Gasteiger partial charge in [-0.15, -0.1) is 0 Å². The third kappa shape index (κ3) is 6.35. The molecule has 0 saturated carbocycles. The molecule has 0 fully saturated rings. The Balaban J connectivity index is 1.83. The first-order chi connectivity index (χ1) is 11.9. The maximum absolute atomic E-state index is 12.1. The highest BCUT2D eigenvalue weighted by Gasteiger charge is 2.16. The second-order valence-corrected chi connectivity index (χ2v) is 6.04. The standard InChI is InChI=1S/C19H24N2O4/c1-13(2)12-25-16-7-4-6-15(11-16)21-19(23)20-14(3)10-17(22)18-8-5-9-24-18/h4-9,11,14,17,22H,1,10,12H2,2-3H3,(H2,20,21,23). The van der Waals surface area contributed by atoms with Gasteiger partial charge in [0.05, 0.1) is 6.26 Å². The molecule has 6 nitrogen and oxygen atoms in total. The van der Waals surface area contributed by atoms with E-state index in [1.165, 1.54) is 6.26 Å². The predicted octanol–water partition coefficient (Wildman–Crippen LogP) is 3.87. The van der Waals surface area contributed by atoms with Crippen molar-refractivity contribution in [3.8, 4) is 5.75 Å². The molecule has 2 atom stereocenters. The van der Waals surface area contributed by atoms with Crippen LogP contribution in [0.1, 0.15) is 32.1 Å². The summed E-state index contributed by atoms with van der Waals surface area (Å²) in [6.45, 7) is 7.91. The number of hydrogen-bond acceptors (Lipinski definition) is 4. The summed E-state index contributed by atoms with van der Waals surface area (Å²) in [6.07, 6.45) is 1.10. The molecular weight excluding hydrogens is 320 g/mol. The fourth-order valence-electron chi connectivity index (χ4n) is 2.25. The fraction of sp³-hybridized carbons (Fsp3) is 0.316. The van der Waals surface area contributed by atoms with Crippen LogP contribution in [0.2, 0.25) is 0 Å². The van der Waals surface area contributed by atoms with Crippen molar-refractivity contribution in [2.75, 3.05) is 11.9 Å². The molecule has 1 heterocycles. The number of aliphatic hydroxyl groups excluding tert-OH is 1. The number of hydrogen-bond donors (Lipinski definition) is 3. The molecule has 0 saturated heterocycles. The van der Waals surface area contributed by atoms with Gasteiger partial charge >= 0.3 is 6.03 Å². The van der Waals surface area contributed by atoms with E-state index in [1.54, 1.807) is 30.3 Å². The maximum Gasteiger partial charge on any atom is 0.319 e. The third-order valence-corrected chi connectivity index (χ3v) is 3.40. The summed E-state index contributed by atoms with van der Waals surface area (Å²) in [7, 11) is 0. The number of rotatable bonds is 8. The summed E-state index contributed by atoms with van der Waals surface area (Å²) < 4.78 is 10.7. The van der Waals surface area contributed by atoms with Crippen molar-refractivity contribution in [1.29, 1.82) is 0 Å². The topological polar surface area (TPSA) is 83.7 Å². The van der Waals surface area contributed by atoms with E-state index in [0.717, 1.165) is 5.57 Å². The van der Waals surface area contributed by atoms with Crippen molar-refractivity contribution < 1.29 is 19.1 Å². The van der Waals surface area contributed by atoms with Crippen LogP contribution in [0.15, 0.2) is 59.2 Å². The van der Waals surface area contributed by atoms with Crippen molar-refractivity contribution >= 4 is 11.7 Å². The average molecular weight is 344 g/mol. The molecular formula is C19H24N2O4. The van der Waals surface area contributed by atoms with Gasteiger partial charge < -0.3 is 24.9 Å². The molecule has 0 aliphatic carbocycles. The monoisotopic (exact) mass is 344 g/mol. The minimum absolute atomic E-state index is 0.233. The molecule has 134 valence electrons. The average Bonchev–Trinajstić information content (AvgIpc) is 3.07. The molecule has 0 spiro atoms. The maximum atomic E-state index is 12.1. The van der Waals surface area contributed by atoms with E-state index in [1.807, 2.05) is 19.9 Å². The van der Waals surface area contributed by atoms with Crippen LogP contribution in [0.4, 0.5) is 10.5 Å². The van der Waals surface area contributed by atoms with Crippen LogP contribution in [-0.2, 0) is 0 Å². The van der Waals surface area contributed by atoms with Gasteiger partial charge in [-0.25, -0.2) is 4.79 Å². The van der Waals surface area contributed by atoms with Gasteiger partial charge in [-0.3, -0.25) is 0 Å². The molecule has 3 N–H and O–H groups in total. The van der Waals surface area contributed by atoms with Crippen LogP contribution in [0.25, 0.3) is 0 Å². The quantitative estimate of drug-likeness (QED) is 0.635. The van der Waals surface area contributed by atoms with Gasteiger partial charge in [-0.05, 0) is 43.7 Å². The Bertz CT molecular complexity index is 697. The second-order valence-electron chi connectivity index (χ2n) is 6.04. The van der Waals surface area contributed by atoms with Crippen molar-refractivity contribution in [1.82, 2.24) is 5.32 Å². The lowest BCUT2D eigenvalue weighted by atomic mass is 10.1. The van der Waals surface area contributed by atoms with Crippen LogP contribution in [0, 0.1) is 0 Å². The molecule has 1 aromatic heterocycles. The molecule has 6 heteroatoms. The zero-order chi connectivity index (χ0) is 18.2. The number of furan rings is 1. The number of benzene rings is 1. The van der Waals surface area contributed by atoms with E-state index in [9.17, 15) is 9.90 Å². The number of nitrogens with one attached hydrogen (secondary N) is 2. The largest absolute Gasteiger partial charge is 0.489 e. The Morgan fingerprint density at radius 1 is 1.36 bits per heavy atom. The molecule has 0 radical (unpaired) electrons. The van der Waals surface area contributed by atoms with Crippen molar-refractivity contribution in [3.63, 3.8) is 0 Å². The number of aliphatic hydroxyl groups is 1. The smallest absolute Gasteiger partial charge is 0.319 e. The van der Waals surface area contributed by atoms with Crippen molar-refractivity contribution in [2.45, 2.75) is 32.4 Å². The van der Waals surface area contributed by atoms with Gasteiger partial charge in [-0.2, -0.15) is 0 Å². The molecule has 2 aromatic rings. The SMILES string of the molecule is C=C(C)COc1cccc(NC(=O)NC(C)CC(O)c2ccco2)c1. The highest BCUT2D eigenvalue weighted by molar-refractivity contribution is 5.89. The van der Waals surface area contributed by atoms with Crippen LogP contribution in [0.3, 0.4) is 0 Å². The fourth-order valence-corrected chi connectivity index (χ4v) is 2.25. The summed E-state index contributed by atoms with van der Waals surface area (Å²) in [4.78, 5) is 12.1. The second kappa shape index (κ2) is 8.94. The number of carbonyl (C=O) groups is 1. The first-order valence-corrected chi connectivity index (χ1v) is 8.10. The van der Waals surface area contributed by atoms with Gasteiger partial charge in [-0.1, -0.05) is 12.6 Å². The molecule has 0 aliphatic heterocycles. The van der Waals surface area contributed by atoms with Gasteiger partial charge in [0.25, 0.3) is 0 Å². The predicted molar refractivity (Wildman–Crippen MR) is 96.7 cm³/mol. The first-order valence-electron chi connectivity index (χ1n) is 8.10. The number of carbonyl (C=O) groups excluding carboxylic acids is 1. The number of ether oxygens (including phenoxy) is 1.